The number of nitro groups is 1. The number of hydrogen-bond acceptors (Lipinski definition) is 3. The molecule has 2 heterocycles. The first kappa shape index (κ1) is 14.5. The number of pyridine rings is 1. The number of hydrogen-bond donors (Lipinski definition) is 2. The van der Waals surface area contributed by atoms with Gasteiger partial charge in [-0.15, -0.1) is 0 Å². The summed E-state index contributed by atoms with van der Waals surface area (Å²) in [6.07, 6.45) is 2.72. The minimum Gasteiger partial charge on any atom is -0.328 e. The Morgan fingerprint density at radius 2 is 2.09 bits per heavy atom. The van der Waals surface area contributed by atoms with E-state index in [2.05, 4.69) is 34.6 Å². The molecule has 1 fully saturated rings. The predicted molar refractivity (Wildman–Crippen MR) is 82.5 cm³/mol. The van der Waals surface area contributed by atoms with Crippen molar-refractivity contribution in [3.05, 3.63) is 64.3 Å². The van der Waals surface area contributed by atoms with Gasteiger partial charge in [-0.3, -0.25) is 15.4 Å². The van der Waals surface area contributed by atoms with Gasteiger partial charge in [-0.1, -0.05) is 30.3 Å². The first-order valence-electron chi connectivity index (χ1n) is 7.51. The van der Waals surface area contributed by atoms with Crippen molar-refractivity contribution < 1.29 is 14.8 Å². The first-order chi connectivity index (χ1) is 10.7. The molecule has 1 aromatic heterocycles. The van der Waals surface area contributed by atoms with Crippen molar-refractivity contribution in [2.45, 2.75) is 19.0 Å². The third-order valence-corrected chi connectivity index (χ3v) is 4.06. The number of nitrogens with zero attached hydrogens (tertiary/aromatic N) is 1. The van der Waals surface area contributed by atoms with E-state index in [9.17, 15) is 10.1 Å². The lowest BCUT2D eigenvalue weighted by Crippen LogP contribution is -3.09. The van der Waals surface area contributed by atoms with E-state index >= 15 is 0 Å². The number of H-pyrrole nitrogens is 1. The van der Waals surface area contributed by atoms with Gasteiger partial charge >= 0.3 is 11.5 Å². The van der Waals surface area contributed by atoms with Crippen LogP contribution in [0.5, 0.6) is 0 Å². The minimum atomic E-state index is -0.359. The largest absolute Gasteiger partial charge is 0.357 e. The van der Waals surface area contributed by atoms with Crippen LogP contribution in [0.4, 0.5) is 11.5 Å². The van der Waals surface area contributed by atoms with Gasteiger partial charge in [-0.05, 0) is 6.07 Å². The van der Waals surface area contributed by atoms with Gasteiger partial charge in [0.2, 0.25) is 0 Å². The number of benzene rings is 1. The molecule has 0 saturated carbocycles. The van der Waals surface area contributed by atoms with Gasteiger partial charge in [0.1, 0.15) is 19.1 Å². The molecule has 0 amide bonds. The molecule has 0 radical (unpaired) electrons. The second-order valence-electron chi connectivity index (χ2n) is 5.68. The smallest absolute Gasteiger partial charge is 0.328 e. The highest BCUT2D eigenvalue weighted by Gasteiger charge is 2.32. The van der Waals surface area contributed by atoms with Gasteiger partial charge < -0.3 is 4.90 Å². The maximum atomic E-state index is 11.0. The van der Waals surface area contributed by atoms with Crippen molar-refractivity contribution in [3.63, 3.8) is 0 Å². The van der Waals surface area contributed by atoms with E-state index in [0.29, 0.717) is 5.82 Å². The summed E-state index contributed by atoms with van der Waals surface area (Å²) in [5.74, 6) is 0.499. The first-order valence-corrected chi connectivity index (χ1v) is 7.51. The van der Waals surface area contributed by atoms with Crippen molar-refractivity contribution in [3.8, 4) is 0 Å². The second kappa shape index (κ2) is 6.53. The standard InChI is InChI=1S/C16H18N4O2/c21-20(22)15-7-4-9-17-16(15)18-14-8-10-19(12-14)11-13-5-2-1-3-6-13/h1-7,9,14H,8,10-12H2,(H,17,18)/p+2/t14-/m1/s1. The molecule has 3 rings (SSSR count). The summed E-state index contributed by atoms with van der Waals surface area (Å²) in [5, 5.41) is 14.3. The Morgan fingerprint density at radius 1 is 1.27 bits per heavy atom. The fourth-order valence-corrected chi connectivity index (χ4v) is 3.00. The van der Waals surface area contributed by atoms with Gasteiger partial charge in [-0.2, -0.15) is 0 Å². The lowest BCUT2D eigenvalue weighted by Gasteiger charge is -2.12. The van der Waals surface area contributed by atoms with Gasteiger partial charge in [0.15, 0.2) is 0 Å². The summed E-state index contributed by atoms with van der Waals surface area (Å²) in [6, 6.07) is 13.8. The Labute approximate surface area is 128 Å². The molecule has 22 heavy (non-hydrogen) atoms. The van der Waals surface area contributed by atoms with Crippen LogP contribution in [0.2, 0.25) is 0 Å². The minimum absolute atomic E-state index is 0.0963. The zero-order valence-electron chi connectivity index (χ0n) is 12.3. The summed E-state index contributed by atoms with van der Waals surface area (Å²) in [6.45, 7) is 3.04. The maximum absolute atomic E-state index is 11.0. The molecule has 0 bridgehead atoms. The molecular weight excluding hydrogens is 280 g/mol. The van der Waals surface area contributed by atoms with Gasteiger partial charge in [-0.25, -0.2) is 4.98 Å². The summed E-state index contributed by atoms with van der Waals surface area (Å²) in [7, 11) is 0. The van der Waals surface area contributed by atoms with Crippen molar-refractivity contribution in [2.24, 2.45) is 0 Å². The van der Waals surface area contributed by atoms with Crippen LogP contribution in [0, 0.1) is 10.1 Å². The van der Waals surface area contributed by atoms with E-state index in [0.717, 1.165) is 26.1 Å². The topological polar surface area (TPSA) is 73.8 Å². The van der Waals surface area contributed by atoms with E-state index < -0.39 is 0 Å². The van der Waals surface area contributed by atoms with Gasteiger partial charge in [0.25, 0.3) is 0 Å². The molecule has 1 aromatic carbocycles. The van der Waals surface area contributed by atoms with E-state index in [4.69, 9.17) is 0 Å². The molecular formula is C16H20N4O2+2. The summed E-state index contributed by atoms with van der Waals surface area (Å²) < 4.78 is 0. The Hall–Kier alpha value is -2.47. The summed E-state index contributed by atoms with van der Waals surface area (Å²) in [5.41, 5.74) is 1.43. The molecule has 114 valence electrons. The van der Waals surface area contributed by atoms with Crippen LogP contribution in [-0.4, -0.2) is 24.1 Å². The van der Waals surface area contributed by atoms with Gasteiger partial charge in [0, 0.05) is 18.1 Å². The number of rotatable bonds is 5. The highest BCUT2D eigenvalue weighted by Crippen LogP contribution is 2.19. The van der Waals surface area contributed by atoms with Crippen LogP contribution in [0.1, 0.15) is 12.0 Å². The quantitative estimate of drug-likeness (QED) is 0.630. The summed E-state index contributed by atoms with van der Waals surface area (Å²) >= 11 is 0. The fourth-order valence-electron chi connectivity index (χ4n) is 3.00. The zero-order chi connectivity index (χ0) is 15.4. The Bertz CT molecular complexity index is 648. The number of aromatic nitrogens is 1. The lowest BCUT2D eigenvalue weighted by molar-refractivity contribution is -0.901. The van der Waals surface area contributed by atoms with E-state index in [-0.39, 0.29) is 16.7 Å². The molecule has 0 spiro atoms. The molecule has 1 saturated heterocycles. The monoisotopic (exact) mass is 300 g/mol. The third kappa shape index (κ3) is 3.40. The molecule has 1 aliphatic rings. The van der Waals surface area contributed by atoms with Crippen molar-refractivity contribution >= 4 is 11.5 Å². The highest BCUT2D eigenvalue weighted by atomic mass is 16.6. The van der Waals surface area contributed by atoms with Crippen molar-refractivity contribution in [2.75, 3.05) is 18.4 Å². The predicted octanol–water partition coefficient (Wildman–Crippen LogP) is 0.678. The summed E-state index contributed by atoms with van der Waals surface area (Å²) in [4.78, 5) is 15.1. The average molecular weight is 300 g/mol. The van der Waals surface area contributed by atoms with Crippen LogP contribution < -0.4 is 15.2 Å². The lowest BCUT2D eigenvalue weighted by atomic mass is 10.2. The van der Waals surface area contributed by atoms with Crippen LogP contribution >= 0.6 is 0 Å². The van der Waals surface area contributed by atoms with Crippen LogP contribution in [0.15, 0.2) is 48.7 Å². The Balaban J connectivity index is 1.61. The zero-order valence-corrected chi connectivity index (χ0v) is 12.3. The maximum Gasteiger partial charge on any atom is 0.357 e. The SMILES string of the molecule is O=[N+]([O-])c1ccc[nH+]c1N[C@@H]1CC[NH+](Cc2ccccc2)C1. The van der Waals surface area contributed by atoms with E-state index in [1.54, 1.807) is 12.3 Å². The number of aromatic amines is 1. The van der Waals surface area contributed by atoms with E-state index in [1.165, 1.54) is 16.5 Å². The molecule has 2 aromatic rings. The number of quaternary nitrogens is 1. The van der Waals surface area contributed by atoms with Crippen LogP contribution in [0.25, 0.3) is 0 Å². The van der Waals surface area contributed by atoms with Crippen molar-refractivity contribution in [1.29, 1.82) is 0 Å². The second-order valence-corrected chi connectivity index (χ2v) is 5.68. The van der Waals surface area contributed by atoms with E-state index in [1.807, 2.05) is 6.07 Å². The molecule has 6 nitrogen and oxygen atoms in total. The van der Waals surface area contributed by atoms with Crippen molar-refractivity contribution in [1.82, 2.24) is 0 Å². The molecule has 1 unspecified atom stereocenters. The molecule has 6 heteroatoms. The molecule has 3 N–H and O–H groups in total. The van der Waals surface area contributed by atoms with Gasteiger partial charge in [0.05, 0.1) is 17.7 Å². The third-order valence-electron chi connectivity index (χ3n) is 4.06. The molecule has 1 aliphatic heterocycles. The number of likely N-dealkylation sites (tertiary alicyclic amines) is 1. The Kier molecular flexibility index (Phi) is 4.29. The fraction of sp³-hybridized carbons (Fsp3) is 0.312. The molecule has 2 atom stereocenters. The highest BCUT2D eigenvalue weighted by molar-refractivity contribution is 5.51. The Morgan fingerprint density at radius 3 is 2.86 bits per heavy atom. The molecule has 0 aliphatic carbocycles. The van der Waals surface area contributed by atoms with Crippen LogP contribution in [-0.2, 0) is 6.54 Å². The average Bonchev–Trinajstić information content (AvgIpc) is 2.96. The number of anilines is 1. The van der Waals surface area contributed by atoms with Crippen LogP contribution in [0.3, 0.4) is 0 Å². The normalized spacial score (nSPS) is 20.7. The number of nitrogens with one attached hydrogen (secondary N) is 3.